The molecule has 32 heavy (non-hydrogen) atoms. The molecule has 2 heterocycles. The van der Waals surface area contributed by atoms with Crippen molar-refractivity contribution in [3.63, 3.8) is 0 Å². The largest absolute Gasteiger partial charge is 0.416 e. The molecular formula is C21H15F3N4O3S. The quantitative estimate of drug-likeness (QED) is 0.642. The van der Waals surface area contributed by atoms with Gasteiger partial charge < -0.3 is 9.88 Å². The second kappa shape index (κ2) is 8.76. The molecule has 1 N–H and O–H groups in total. The number of alkyl halides is 3. The van der Waals surface area contributed by atoms with Gasteiger partial charge in [-0.15, -0.1) is 0 Å². The number of aromatic amines is 1. The average molecular weight is 460 g/mol. The molecule has 0 aliphatic heterocycles. The van der Waals surface area contributed by atoms with Crippen molar-refractivity contribution in [1.82, 2.24) is 9.97 Å². The number of anilines is 1. The van der Waals surface area contributed by atoms with Crippen molar-refractivity contribution in [2.24, 2.45) is 0 Å². The first-order chi connectivity index (χ1) is 15.0. The molecule has 0 aliphatic carbocycles. The Morgan fingerprint density at radius 3 is 2.53 bits per heavy atom. The number of carbonyl (C=O) groups is 1. The highest BCUT2D eigenvalue weighted by Crippen LogP contribution is 2.31. The number of aryl methyl sites for hydroxylation is 1. The first kappa shape index (κ1) is 22.9. The molecule has 0 fully saturated rings. The zero-order valence-corrected chi connectivity index (χ0v) is 17.5. The number of aromatic nitrogens is 2. The van der Waals surface area contributed by atoms with Gasteiger partial charge in [-0.05, 0) is 43.3 Å². The standard InChI is InChI=1S/C21H15F3N4O3S/c1-12-17(32(31)18-7-6-13(10-25)11-26-18)9-16(19(29)27-12)20(30)28(2)15-5-3-4-14(8-15)21(22,23)24/h3-9,11H,1-2H3,(H,27,29). The fourth-order valence-corrected chi connectivity index (χ4v) is 3.93. The van der Waals surface area contributed by atoms with Crippen LogP contribution in [0, 0.1) is 18.3 Å². The van der Waals surface area contributed by atoms with Gasteiger partial charge >= 0.3 is 6.18 Å². The summed E-state index contributed by atoms with van der Waals surface area (Å²) in [5.74, 6) is -0.878. The van der Waals surface area contributed by atoms with Crippen LogP contribution in [0.4, 0.5) is 18.9 Å². The summed E-state index contributed by atoms with van der Waals surface area (Å²) >= 11 is 0. The highest BCUT2D eigenvalue weighted by molar-refractivity contribution is 7.85. The lowest BCUT2D eigenvalue weighted by atomic mass is 10.1. The van der Waals surface area contributed by atoms with E-state index >= 15 is 0 Å². The smallest absolute Gasteiger partial charge is 0.325 e. The van der Waals surface area contributed by atoms with Crippen molar-refractivity contribution in [2.75, 3.05) is 11.9 Å². The van der Waals surface area contributed by atoms with E-state index in [9.17, 15) is 27.0 Å². The fourth-order valence-electron chi connectivity index (χ4n) is 2.81. The molecule has 0 saturated carbocycles. The predicted octanol–water partition coefficient (Wildman–Crippen LogP) is 3.41. The maximum Gasteiger partial charge on any atom is 0.416 e. The number of nitriles is 1. The minimum Gasteiger partial charge on any atom is -0.325 e. The second-order valence-corrected chi connectivity index (χ2v) is 8.07. The van der Waals surface area contributed by atoms with Crippen LogP contribution in [-0.4, -0.2) is 27.1 Å². The number of rotatable bonds is 4. The summed E-state index contributed by atoms with van der Waals surface area (Å²) in [5.41, 5.74) is -1.69. The summed E-state index contributed by atoms with van der Waals surface area (Å²) in [5, 5.41) is 8.95. The van der Waals surface area contributed by atoms with Crippen molar-refractivity contribution in [2.45, 2.75) is 23.0 Å². The minimum atomic E-state index is -4.60. The summed E-state index contributed by atoms with van der Waals surface area (Å²) in [6.07, 6.45) is -3.36. The van der Waals surface area contributed by atoms with Crippen LogP contribution in [0.3, 0.4) is 0 Å². The Labute approximate surface area is 182 Å². The molecule has 0 aliphatic rings. The Bertz CT molecular complexity index is 1310. The molecular weight excluding hydrogens is 445 g/mol. The van der Waals surface area contributed by atoms with E-state index in [2.05, 4.69) is 9.97 Å². The van der Waals surface area contributed by atoms with Gasteiger partial charge in [-0.1, -0.05) is 6.07 Å². The molecule has 0 spiro atoms. The Morgan fingerprint density at radius 2 is 1.94 bits per heavy atom. The van der Waals surface area contributed by atoms with Crippen molar-refractivity contribution in [3.05, 3.63) is 81.4 Å². The van der Waals surface area contributed by atoms with E-state index in [-0.39, 0.29) is 26.9 Å². The Morgan fingerprint density at radius 1 is 1.22 bits per heavy atom. The minimum absolute atomic E-state index is 0.0683. The maximum absolute atomic E-state index is 13.0. The third-order valence-electron chi connectivity index (χ3n) is 4.54. The molecule has 1 amide bonds. The molecule has 3 aromatic rings. The average Bonchev–Trinajstić information content (AvgIpc) is 2.77. The van der Waals surface area contributed by atoms with Crippen LogP contribution >= 0.6 is 0 Å². The number of hydrogen-bond acceptors (Lipinski definition) is 5. The van der Waals surface area contributed by atoms with Crippen LogP contribution in [0.2, 0.25) is 0 Å². The van der Waals surface area contributed by atoms with Crippen molar-refractivity contribution in [1.29, 1.82) is 5.26 Å². The van der Waals surface area contributed by atoms with Crippen LogP contribution in [0.5, 0.6) is 0 Å². The third-order valence-corrected chi connectivity index (χ3v) is 5.99. The molecule has 0 saturated heterocycles. The van der Waals surface area contributed by atoms with E-state index in [1.165, 1.54) is 38.4 Å². The van der Waals surface area contributed by atoms with Gasteiger partial charge in [0, 0.05) is 24.6 Å². The molecule has 1 atom stereocenters. The fraction of sp³-hybridized carbons (Fsp3) is 0.143. The van der Waals surface area contributed by atoms with Gasteiger partial charge in [-0.2, -0.15) is 18.4 Å². The number of carbonyl (C=O) groups excluding carboxylic acids is 1. The monoisotopic (exact) mass is 460 g/mol. The van der Waals surface area contributed by atoms with Crippen LogP contribution in [0.1, 0.15) is 27.2 Å². The Balaban J connectivity index is 1.99. The van der Waals surface area contributed by atoms with Crippen LogP contribution in [0.15, 0.2) is 63.4 Å². The van der Waals surface area contributed by atoms with Gasteiger partial charge in [0.1, 0.15) is 27.5 Å². The van der Waals surface area contributed by atoms with Gasteiger partial charge in [-0.3, -0.25) is 9.59 Å². The number of benzene rings is 1. The highest BCUT2D eigenvalue weighted by Gasteiger charge is 2.31. The van der Waals surface area contributed by atoms with Gasteiger partial charge in [0.15, 0.2) is 0 Å². The topological polar surface area (TPSA) is 107 Å². The summed E-state index contributed by atoms with van der Waals surface area (Å²) in [4.78, 5) is 32.7. The maximum atomic E-state index is 13.0. The van der Waals surface area contributed by atoms with Crippen molar-refractivity contribution in [3.8, 4) is 6.07 Å². The number of amides is 1. The second-order valence-electron chi connectivity index (χ2n) is 6.68. The molecule has 7 nitrogen and oxygen atoms in total. The van der Waals surface area contributed by atoms with Gasteiger partial charge in [-0.25, -0.2) is 9.19 Å². The number of hydrogen-bond donors (Lipinski definition) is 1. The number of nitrogens with one attached hydrogen (secondary N) is 1. The summed E-state index contributed by atoms with van der Waals surface area (Å²) in [7, 11) is -0.655. The number of pyridine rings is 2. The first-order valence-corrected chi connectivity index (χ1v) is 10.1. The molecule has 11 heteroatoms. The number of H-pyrrole nitrogens is 1. The Kier molecular flexibility index (Phi) is 6.27. The lowest BCUT2D eigenvalue weighted by molar-refractivity contribution is -0.137. The highest BCUT2D eigenvalue weighted by atomic mass is 32.2. The van der Waals surface area contributed by atoms with Crippen molar-refractivity contribution >= 4 is 22.4 Å². The van der Waals surface area contributed by atoms with E-state index in [1.807, 2.05) is 6.07 Å². The van der Waals surface area contributed by atoms with Crippen LogP contribution < -0.4 is 10.5 Å². The van der Waals surface area contributed by atoms with Gasteiger partial charge in [0.2, 0.25) is 0 Å². The predicted molar refractivity (Wildman–Crippen MR) is 110 cm³/mol. The normalized spacial score (nSPS) is 12.1. The molecule has 2 aromatic heterocycles. The third kappa shape index (κ3) is 4.60. The molecule has 0 bridgehead atoms. The number of halogens is 3. The van der Waals surface area contributed by atoms with E-state index in [0.29, 0.717) is 0 Å². The van der Waals surface area contributed by atoms with Gasteiger partial charge in [0.05, 0.1) is 16.0 Å². The van der Waals surface area contributed by atoms with Crippen LogP contribution in [0.25, 0.3) is 0 Å². The van der Waals surface area contributed by atoms with Crippen LogP contribution in [-0.2, 0) is 17.0 Å². The van der Waals surface area contributed by atoms with E-state index < -0.39 is 39.6 Å². The van der Waals surface area contributed by atoms with Crippen molar-refractivity contribution < 1.29 is 22.2 Å². The zero-order chi connectivity index (χ0) is 23.6. The first-order valence-electron chi connectivity index (χ1n) is 9.00. The summed E-state index contributed by atoms with van der Waals surface area (Å²) in [6, 6.07) is 9.94. The zero-order valence-electron chi connectivity index (χ0n) is 16.7. The summed E-state index contributed by atoms with van der Waals surface area (Å²) < 4.78 is 51.9. The SMILES string of the molecule is Cc1[nH]c(=O)c(C(=O)N(C)c2cccc(C(F)(F)F)c2)cc1S(=O)c1ccc(C#N)cn1. The summed E-state index contributed by atoms with van der Waals surface area (Å²) in [6.45, 7) is 1.49. The number of nitrogens with zero attached hydrogens (tertiary/aromatic N) is 3. The molecule has 1 aromatic carbocycles. The molecule has 3 rings (SSSR count). The van der Waals surface area contributed by atoms with E-state index in [4.69, 9.17) is 5.26 Å². The van der Waals surface area contributed by atoms with Gasteiger partial charge in [0.25, 0.3) is 11.5 Å². The lowest BCUT2D eigenvalue weighted by Gasteiger charge is -2.19. The molecule has 0 radical (unpaired) electrons. The van der Waals surface area contributed by atoms with E-state index in [1.54, 1.807) is 0 Å². The molecule has 164 valence electrons. The lowest BCUT2D eigenvalue weighted by Crippen LogP contribution is -2.32. The van der Waals surface area contributed by atoms with E-state index in [0.717, 1.165) is 29.2 Å². The Hall–Kier alpha value is -3.78. The molecule has 1 unspecified atom stereocenters.